The van der Waals surface area contributed by atoms with Crippen molar-refractivity contribution in [3.63, 3.8) is 0 Å². The lowest BCUT2D eigenvalue weighted by Crippen LogP contribution is -2.39. The van der Waals surface area contributed by atoms with Crippen LogP contribution in [0.15, 0.2) is 60.7 Å². The number of aromatic hydroxyl groups is 2. The Hall–Kier alpha value is -1.97. The number of halogens is 1. The summed E-state index contributed by atoms with van der Waals surface area (Å²) in [6, 6.07) is 15.4. The van der Waals surface area contributed by atoms with E-state index in [0.29, 0.717) is 23.3 Å². The van der Waals surface area contributed by atoms with E-state index in [-0.39, 0.29) is 12.4 Å². The first kappa shape index (κ1) is 20.8. The second kappa shape index (κ2) is 9.49. The normalized spacial score (nSPS) is 24.8. The predicted octanol–water partition coefficient (Wildman–Crippen LogP) is 5.45. The van der Waals surface area contributed by atoms with Gasteiger partial charge in [0.15, 0.2) is 0 Å². The third kappa shape index (κ3) is 4.89. The summed E-state index contributed by atoms with van der Waals surface area (Å²) in [7, 11) is 0. The molecule has 0 aromatic heterocycles. The topological polar surface area (TPSA) is 43.7 Å². The van der Waals surface area contributed by atoms with Gasteiger partial charge in [-0.2, -0.15) is 0 Å². The zero-order valence-corrected chi connectivity index (χ0v) is 17.0. The number of phenolic OH excluding ortho intramolecular Hbond substituents is 2. The predicted molar refractivity (Wildman–Crippen MR) is 116 cm³/mol. The minimum Gasteiger partial charge on any atom is -0.508 e. The Balaban J connectivity index is 0.00000225. The van der Waals surface area contributed by atoms with Crippen LogP contribution in [-0.4, -0.2) is 34.7 Å². The van der Waals surface area contributed by atoms with Crippen LogP contribution in [0.1, 0.15) is 48.6 Å². The molecule has 4 rings (SSSR count). The fourth-order valence-electron chi connectivity index (χ4n) is 4.75. The van der Waals surface area contributed by atoms with E-state index in [1.165, 1.54) is 30.4 Å². The maximum atomic E-state index is 10.00. The highest BCUT2D eigenvalue weighted by Gasteiger charge is 2.32. The summed E-state index contributed by atoms with van der Waals surface area (Å²) < 4.78 is 0. The number of benzene rings is 2. The Labute approximate surface area is 174 Å². The van der Waals surface area contributed by atoms with Crippen molar-refractivity contribution in [3.05, 3.63) is 71.8 Å². The van der Waals surface area contributed by atoms with Crippen molar-refractivity contribution in [2.24, 2.45) is 5.92 Å². The maximum absolute atomic E-state index is 10.00. The zero-order chi connectivity index (χ0) is 18.6. The smallest absolute Gasteiger partial charge is 0.115 e. The van der Waals surface area contributed by atoms with Crippen molar-refractivity contribution in [1.82, 2.24) is 4.90 Å². The summed E-state index contributed by atoms with van der Waals surface area (Å²) in [6.45, 7) is 3.23. The van der Waals surface area contributed by atoms with Gasteiger partial charge >= 0.3 is 0 Å². The van der Waals surface area contributed by atoms with Crippen LogP contribution >= 0.6 is 12.4 Å². The molecule has 1 saturated heterocycles. The molecule has 2 aromatic rings. The van der Waals surface area contributed by atoms with Crippen molar-refractivity contribution in [3.8, 4) is 11.5 Å². The summed E-state index contributed by atoms with van der Waals surface area (Å²) in [6.07, 6.45) is 9.54. The summed E-state index contributed by atoms with van der Waals surface area (Å²) in [5, 5.41) is 19.9. The molecule has 4 heteroatoms. The average Bonchev–Trinajstić information content (AvgIpc) is 3.20. The first-order chi connectivity index (χ1) is 13.2. The highest BCUT2D eigenvalue weighted by Crippen LogP contribution is 2.41. The lowest BCUT2D eigenvalue weighted by Gasteiger charge is -2.39. The standard InChI is InChI=1S/C24H29NO2.ClH/c26-21-9-3-7-19(15-21)23-12-14-25(13-11-18-5-1-2-6-18)17-24(23)20-8-4-10-22(27)16-20;/h1,3-5,7-10,15-16,18,23-24,26-27H,2,6,11-14,17H2;1H. The quantitative estimate of drug-likeness (QED) is 0.657. The van der Waals surface area contributed by atoms with Crippen LogP contribution in [0.25, 0.3) is 0 Å². The van der Waals surface area contributed by atoms with E-state index in [4.69, 9.17) is 0 Å². The Kier molecular flexibility index (Phi) is 7.03. The number of rotatable bonds is 5. The van der Waals surface area contributed by atoms with Gasteiger partial charge in [0.1, 0.15) is 11.5 Å². The molecule has 3 atom stereocenters. The lowest BCUT2D eigenvalue weighted by atomic mass is 9.76. The molecule has 0 bridgehead atoms. The van der Waals surface area contributed by atoms with Gasteiger partial charge in [-0.3, -0.25) is 0 Å². The van der Waals surface area contributed by atoms with Gasteiger partial charge < -0.3 is 15.1 Å². The first-order valence-electron chi connectivity index (χ1n) is 10.2. The average molecular weight is 400 g/mol. The monoisotopic (exact) mass is 399 g/mol. The van der Waals surface area contributed by atoms with Gasteiger partial charge in [0, 0.05) is 12.5 Å². The summed E-state index contributed by atoms with van der Waals surface area (Å²) in [4.78, 5) is 2.58. The third-order valence-corrected chi connectivity index (χ3v) is 6.22. The summed E-state index contributed by atoms with van der Waals surface area (Å²) in [5.41, 5.74) is 2.38. The molecule has 3 nitrogen and oxygen atoms in total. The van der Waals surface area contributed by atoms with Crippen LogP contribution in [0, 0.1) is 5.92 Å². The Bertz CT molecular complexity index is 807. The number of likely N-dealkylation sites (tertiary alicyclic amines) is 1. The van der Waals surface area contributed by atoms with Crippen LogP contribution in [-0.2, 0) is 0 Å². The molecule has 1 aliphatic carbocycles. The maximum Gasteiger partial charge on any atom is 0.115 e. The molecule has 0 spiro atoms. The lowest BCUT2D eigenvalue weighted by molar-refractivity contribution is 0.181. The zero-order valence-electron chi connectivity index (χ0n) is 16.2. The van der Waals surface area contributed by atoms with Crippen LogP contribution in [0.5, 0.6) is 11.5 Å². The molecule has 0 saturated carbocycles. The van der Waals surface area contributed by atoms with Gasteiger partial charge in [-0.25, -0.2) is 0 Å². The van der Waals surface area contributed by atoms with E-state index >= 15 is 0 Å². The molecule has 1 fully saturated rings. The number of nitrogens with zero attached hydrogens (tertiary/aromatic N) is 1. The Morgan fingerprint density at radius 2 is 1.57 bits per heavy atom. The number of hydrogen-bond donors (Lipinski definition) is 2. The van der Waals surface area contributed by atoms with E-state index in [1.807, 2.05) is 24.3 Å². The summed E-state index contributed by atoms with van der Waals surface area (Å²) >= 11 is 0. The molecule has 1 heterocycles. The molecule has 0 radical (unpaired) electrons. The van der Waals surface area contributed by atoms with Gasteiger partial charge in [-0.1, -0.05) is 36.4 Å². The molecule has 1 aliphatic heterocycles. The molecule has 150 valence electrons. The number of hydrogen-bond acceptors (Lipinski definition) is 3. The second-order valence-electron chi connectivity index (χ2n) is 8.05. The molecule has 2 aromatic carbocycles. The van der Waals surface area contributed by atoms with E-state index in [2.05, 4.69) is 29.2 Å². The van der Waals surface area contributed by atoms with Gasteiger partial charge in [0.2, 0.25) is 0 Å². The SMILES string of the molecule is Cl.Oc1cccc(C2CCN(CCC3C=CCC3)CC2c2cccc(O)c2)c1. The van der Waals surface area contributed by atoms with Crippen LogP contribution in [0.2, 0.25) is 0 Å². The molecule has 3 unspecified atom stereocenters. The number of allylic oxidation sites excluding steroid dienone is 2. The molecule has 2 aliphatic rings. The minimum absolute atomic E-state index is 0. The van der Waals surface area contributed by atoms with Crippen molar-refractivity contribution in [2.45, 2.75) is 37.5 Å². The van der Waals surface area contributed by atoms with Gasteiger partial charge in [-0.15, -0.1) is 12.4 Å². The van der Waals surface area contributed by atoms with E-state index < -0.39 is 0 Å². The molecular formula is C24H30ClNO2. The minimum atomic E-state index is 0. The Morgan fingerprint density at radius 3 is 2.18 bits per heavy atom. The molecule has 2 N–H and O–H groups in total. The molecule has 28 heavy (non-hydrogen) atoms. The van der Waals surface area contributed by atoms with Crippen LogP contribution < -0.4 is 0 Å². The number of phenols is 2. The van der Waals surface area contributed by atoms with Crippen LogP contribution in [0.4, 0.5) is 0 Å². The highest BCUT2D eigenvalue weighted by molar-refractivity contribution is 5.85. The van der Waals surface area contributed by atoms with Gasteiger partial charge in [0.25, 0.3) is 0 Å². The Morgan fingerprint density at radius 1 is 0.893 bits per heavy atom. The molecular weight excluding hydrogens is 370 g/mol. The fraction of sp³-hybridized carbons (Fsp3) is 0.417. The van der Waals surface area contributed by atoms with Crippen LogP contribution in [0.3, 0.4) is 0 Å². The van der Waals surface area contributed by atoms with Crippen molar-refractivity contribution >= 4 is 12.4 Å². The van der Waals surface area contributed by atoms with E-state index in [9.17, 15) is 10.2 Å². The summed E-state index contributed by atoms with van der Waals surface area (Å²) in [5.74, 6) is 2.09. The van der Waals surface area contributed by atoms with Crippen molar-refractivity contribution in [2.75, 3.05) is 19.6 Å². The number of piperidine rings is 1. The highest BCUT2D eigenvalue weighted by atomic mass is 35.5. The van der Waals surface area contributed by atoms with Crippen molar-refractivity contribution < 1.29 is 10.2 Å². The van der Waals surface area contributed by atoms with Gasteiger partial charge in [-0.05, 0) is 86.0 Å². The van der Waals surface area contributed by atoms with Crippen molar-refractivity contribution in [1.29, 1.82) is 0 Å². The third-order valence-electron chi connectivity index (χ3n) is 6.22. The second-order valence-corrected chi connectivity index (χ2v) is 8.05. The largest absolute Gasteiger partial charge is 0.508 e. The first-order valence-corrected chi connectivity index (χ1v) is 10.2. The fourth-order valence-corrected chi connectivity index (χ4v) is 4.75. The molecule has 0 amide bonds. The van der Waals surface area contributed by atoms with E-state index in [0.717, 1.165) is 32.0 Å². The van der Waals surface area contributed by atoms with Gasteiger partial charge in [0.05, 0.1) is 0 Å². The van der Waals surface area contributed by atoms with E-state index in [1.54, 1.807) is 12.1 Å².